The van der Waals surface area contributed by atoms with Gasteiger partial charge in [0.05, 0.1) is 13.5 Å². The molecule has 0 heterocycles. The molecule has 0 bridgehead atoms. The number of carbonyl (C=O) groups is 1. The molecule has 0 fully saturated rings. The number of hydrogen-bond acceptors (Lipinski definition) is 3. The van der Waals surface area contributed by atoms with Gasteiger partial charge in [0.1, 0.15) is 12.4 Å². The lowest BCUT2D eigenvalue weighted by Crippen LogP contribution is -2.15. The Morgan fingerprint density at radius 3 is 2.47 bits per heavy atom. The van der Waals surface area contributed by atoms with E-state index in [0.717, 1.165) is 11.3 Å². The predicted molar refractivity (Wildman–Crippen MR) is 66.9 cm³/mol. The van der Waals surface area contributed by atoms with Crippen LogP contribution in [0, 0.1) is 5.41 Å². The zero-order valence-corrected chi connectivity index (χ0v) is 10.9. The van der Waals surface area contributed by atoms with Crippen LogP contribution in [0.15, 0.2) is 24.3 Å². The molecule has 0 aliphatic rings. The number of esters is 1. The molecule has 0 spiro atoms. The van der Waals surface area contributed by atoms with E-state index in [2.05, 4.69) is 0 Å². The van der Waals surface area contributed by atoms with Gasteiger partial charge >= 0.3 is 5.97 Å². The Kier molecular flexibility index (Phi) is 4.55. The van der Waals surface area contributed by atoms with Crippen LogP contribution in [0.25, 0.3) is 0 Å². The molecule has 0 radical (unpaired) electrons. The van der Waals surface area contributed by atoms with E-state index in [0.29, 0.717) is 6.42 Å². The summed E-state index contributed by atoms with van der Waals surface area (Å²) in [4.78, 5) is 11.6. The molecular weight excluding hydrogens is 216 g/mol. The van der Waals surface area contributed by atoms with Crippen LogP contribution in [-0.4, -0.2) is 13.1 Å². The summed E-state index contributed by atoms with van der Waals surface area (Å²) < 4.78 is 10.4. The highest BCUT2D eigenvalue weighted by Crippen LogP contribution is 2.21. The summed E-state index contributed by atoms with van der Waals surface area (Å²) in [5.41, 5.74) is 0.843. The molecule has 94 valence electrons. The van der Waals surface area contributed by atoms with Gasteiger partial charge in [-0.05, 0) is 11.5 Å². The van der Waals surface area contributed by atoms with Gasteiger partial charge in [0.25, 0.3) is 0 Å². The van der Waals surface area contributed by atoms with E-state index >= 15 is 0 Å². The van der Waals surface area contributed by atoms with Crippen molar-refractivity contribution in [1.82, 2.24) is 0 Å². The maximum absolute atomic E-state index is 11.6. The Morgan fingerprint density at radius 1 is 1.24 bits per heavy atom. The number of methoxy groups -OCH3 is 1. The van der Waals surface area contributed by atoms with Gasteiger partial charge in [-0.25, -0.2) is 0 Å². The standard InChI is InChI=1S/C14H20O3/c1-14(2,3)9-13(15)17-10-11-7-5-6-8-12(11)16-4/h5-8H,9-10H2,1-4H3. The molecule has 0 unspecified atom stereocenters. The van der Waals surface area contributed by atoms with E-state index in [-0.39, 0.29) is 18.0 Å². The van der Waals surface area contributed by atoms with Crippen molar-refractivity contribution in [3.8, 4) is 5.75 Å². The summed E-state index contributed by atoms with van der Waals surface area (Å²) in [6.07, 6.45) is 0.419. The minimum Gasteiger partial charge on any atom is -0.496 e. The van der Waals surface area contributed by atoms with Crippen molar-refractivity contribution < 1.29 is 14.3 Å². The van der Waals surface area contributed by atoms with E-state index < -0.39 is 0 Å². The summed E-state index contributed by atoms with van der Waals surface area (Å²) in [6, 6.07) is 7.53. The van der Waals surface area contributed by atoms with Crippen LogP contribution in [0.1, 0.15) is 32.8 Å². The molecule has 0 aromatic heterocycles. The average Bonchev–Trinajstić information content (AvgIpc) is 2.24. The average molecular weight is 236 g/mol. The topological polar surface area (TPSA) is 35.5 Å². The van der Waals surface area contributed by atoms with Crippen molar-refractivity contribution in [2.75, 3.05) is 7.11 Å². The number of para-hydroxylation sites is 1. The van der Waals surface area contributed by atoms with Crippen LogP contribution < -0.4 is 4.74 Å². The van der Waals surface area contributed by atoms with Crippen LogP contribution in [0.3, 0.4) is 0 Å². The molecule has 3 nitrogen and oxygen atoms in total. The van der Waals surface area contributed by atoms with Crippen molar-refractivity contribution >= 4 is 5.97 Å². The normalized spacial score (nSPS) is 11.1. The minimum absolute atomic E-state index is 0.0438. The van der Waals surface area contributed by atoms with Crippen molar-refractivity contribution in [2.45, 2.75) is 33.8 Å². The number of ether oxygens (including phenoxy) is 2. The molecule has 3 heteroatoms. The molecule has 0 aliphatic heterocycles. The molecule has 1 aromatic carbocycles. The SMILES string of the molecule is COc1ccccc1COC(=O)CC(C)(C)C. The first-order valence-electron chi connectivity index (χ1n) is 5.70. The summed E-state index contributed by atoms with van der Waals surface area (Å²) in [5, 5.41) is 0. The predicted octanol–water partition coefficient (Wildman–Crippen LogP) is 3.17. The van der Waals surface area contributed by atoms with Crippen LogP contribution in [0.4, 0.5) is 0 Å². The second-order valence-electron chi connectivity index (χ2n) is 5.21. The third-order valence-electron chi connectivity index (χ3n) is 2.26. The molecule has 17 heavy (non-hydrogen) atoms. The Hall–Kier alpha value is -1.51. The lowest BCUT2D eigenvalue weighted by atomic mass is 9.92. The van der Waals surface area contributed by atoms with Crippen molar-refractivity contribution in [3.05, 3.63) is 29.8 Å². The summed E-state index contributed by atoms with van der Waals surface area (Å²) in [5.74, 6) is 0.569. The maximum Gasteiger partial charge on any atom is 0.306 e. The van der Waals surface area contributed by atoms with Gasteiger partial charge in [0.15, 0.2) is 0 Å². The molecule has 0 saturated heterocycles. The quantitative estimate of drug-likeness (QED) is 0.753. The second kappa shape index (κ2) is 5.71. The molecular formula is C14H20O3. The van der Waals surface area contributed by atoms with E-state index in [1.54, 1.807) is 7.11 Å². The van der Waals surface area contributed by atoms with E-state index in [1.165, 1.54) is 0 Å². The van der Waals surface area contributed by atoms with Crippen LogP contribution in [0.2, 0.25) is 0 Å². The first-order chi connectivity index (χ1) is 7.92. The van der Waals surface area contributed by atoms with Gasteiger partial charge in [0, 0.05) is 5.56 Å². The van der Waals surface area contributed by atoms with Gasteiger partial charge in [-0.1, -0.05) is 39.0 Å². The monoisotopic (exact) mass is 236 g/mol. The molecule has 0 amide bonds. The third kappa shape index (κ3) is 4.89. The summed E-state index contributed by atoms with van der Waals surface area (Å²) in [7, 11) is 1.61. The van der Waals surface area contributed by atoms with Crippen molar-refractivity contribution in [3.63, 3.8) is 0 Å². The van der Waals surface area contributed by atoms with Crippen molar-refractivity contribution in [2.24, 2.45) is 5.41 Å². The smallest absolute Gasteiger partial charge is 0.306 e. The maximum atomic E-state index is 11.6. The van der Waals surface area contributed by atoms with Gasteiger partial charge < -0.3 is 9.47 Å². The first-order valence-corrected chi connectivity index (χ1v) is 5.70. The number of hydrogen-bond donors (Lipinski definition) is 0. The molecule has 0 atom stereocenters. The molecule has 0 aliphatic carbocycles. The minimum atomic E-state index is -0.177. The highest BCUT2D eigenvalue weighted by Gasteiger charge is 2.17. The number of carbonyl (C=O) groups excluding carboxylic acids is 1. The third-order valence-corrected chi connectivity index (χ3v) is 2.26. The van der Waals surface area contributed by atoms with E-state index in [1.807, 2.05) is 45.0 Å². The van der Waals surface area contributed by atoms with Crippen LogP contribution in [0.5, 0.6) is 5.75 Å². The summed E-state index contributed by atoms with van der Waals surface area (Å²) >= 11 is 0. The van der Waals surface area contributed by atoms with Crippen LogP contribution >= 0.6 is 0 Å². The fourth-order valence-electron chi connectivity index (χ4n) is 1.46. The zero-order chi connectivity index (χ0) is 12.9. The zero-order valence-electron chi connectivity index (χ0n) is 10.9. The lowest BCUT2D eigenvalue weighted by molar-refractivity contribution is -0.147. The van der Waals surface area contributed by atoms with Crippen LogP contribution in [-0.2, 0) is 16.1 Å². The highest BCUT2D eigenvalue weighted by molar-refractivity contribution is 5.70. The van der Waals surface area contributed by atoms with Crippen molar-refractivity contribution in [1.29, 1.82) is 0 Å². The highest BCUT2D eigenvalue weighted by atomic mass is 16.5. The molecule has 1 rings (SSSR count). The largest absolute Gasteiger partial charge is 0.496 e. The Bertz CT molecular complexity index is 377. The number of benzene rings is 1. The Morgan fingerprint density at radius 2 is 1.88 bits per heavy atom. The Labute approximate surface area is 103 Å². The van der Waals surface area contributed by atoms with Gasteiger partial charge in [0.2, 0.25) is 0 Å². The van der Waals surface area contributed by atoms with Gasteiger partial charge in [-0.3, -0.25) is 4.79 Å². The van der Waals surface area contributed by atoms with Gasteiger partial charge in [-0.2, -0.15) is 0 Å². The number of rotatable bonds is 4. The molecule has 0 saturated carbocycles. The fraction of sp³-hybridized carbons (Fsp3) is 0.500. The molecule has 0 N–H and O–H groups in total. The van der Waals surface area contributed by atoms with Gasteiger partial charge in [-0.15, -0.1) is 0 Å². The van der Waals surface area contributed by atoms with E-state index in [4.69, 9.17) is 9.47 Å². The Balaban J connectivity index is 2.53. The van der Waals surface area contributed by atoms with E-state index in [9.17, 15) is 4.79 Å². The fourth-order valence-corrected chi connectivity index (χ4v) is 1.46. The lowest BCUT2D eigenvalue weighted by Gasteiger charge is -2.17. The summed E-state index contributed by atoms with van der Waals surface area (Å²) in [6.45, 7) is 6.30. The second-order valence-corrected chi connectivity index (χ2v) is 5.21. The first kappa shape index (κ1) is 13.6. The molecule has 1 aromatic rings.